The van der Waals surface area contributed by atoms with Crippen LogP contribution in [-0.4, -0.2) is 35.4 Å². The molecule has 3 heterocycles. The summed E-state index contributed by atoms with van der Waals surface area (Å²) < 4.78 is 13.5. The Hall–Kier alpha value is -1.88. The van der Waals surface area contributed by atoms with Gasteiger partial charge < -0.3 is 10.3 Å². The molecule has 4 nitrogen and oxygen atoms in total. The Morgan fingerprint density at radius 1 is 1.36 bits per heavy atom. The van der Waals surface area contributed by atoms with Gasteiger partial charge in [-0.1, -0.05) is 0 Å². The standard InChI is InChI=1S/C17H20FN3O/c18-12-1-2-15-13(9-12)14-10-21(8-5-16(14)20-15)7-4-11-3-6-19-17(11)22/h1-2,9,11,20H,3-8,10H2,(H,19,22)/t11-/m0/s1. The van der Waals surface area contributed by atoms with Gasteiger partial charge >= 0.3 is 0 Å². The summed E-state index contributed by atoms with van der Waals surface area (Å²) in [6.45, 7) is 3.58. The average molecular weight is 301 g/mol. The van der Waals surface area contributed by atoms with Crippen LogP contribution in [-0.2, 0) is 17.8 Å². The largest absolute Gasteiger partial charge is 0.358 e. The summed E-state index contributed by atoms with van der Waals surface area (Å²) in [4.78, 5) is 17.4. The van der Waals surface area contributed by atoms with Crippen LogP contribution in [0.15, 0.2) is 18.2 Å². The molecule has 1 aromatic carbocycles. The number of carbonyl (C=O) groups excluding carboxylic acids is 1. The maximum Gasteiger partial charge on any atom is 0.223 e. The first kappa shape index (κ1) is 13.8. The zero-order chi connectivity index (χ0) is 15.1. The molecule has 2 N–H and O–H groups in total. The molecular formula is C17H20FN3O. The van der Waals surface area contributed by atoms with Gasteiger partial charge in [-0.3, -0.25) is 9.69 Å². The van der Waals surface area contributed by atoms with Crippen molar-refractivity contribution in [3.05, 3.63) is 35.3 Å². The smallest absolute Gasteiger partial charge is 0.223 e. The number of benzene rings is 1. The number of aromatic nitrogens is 1. The minimum absolute atomic E-state index is 0.168. The number of hydrogen-bond donors (Lipinski definition) is 2. The molecule has 22 heavy (non-hydrogen) atoms. The number of hydrogen-bond acceptors (Lipinski definition) is 2. The highest BCUT2D eigenvalue weighted by Crippen LogP contribution is 2.28. The summed E-state index contributed by atoms with van der Waals surface area (Å²) in [5.41, 5.74) is 3.47. The van der Waals surface area contributed by atoms with E-state index < -0.39 is 0 Å². The molecule has 2 aliphatic rings. The molecule has 1 fully saturated rings. The predicted octanol–water partition coefficient (Wildman–Crippen LogP) is 2.19. The Balaban J connectivity index is 1.49. The van der Waals surface area contributed by atoms with Crippen molar-refractivity contribution in [1.82, 2.24) is 15.2 Å². The van der Waals surface area contributed by atoms with Gasteiger partial charge in [0, 0.05) is 48.6 Å². The summed E-state index contributed by atoms with van der Waals surface area (Å²) in [5, 5.41) is 3.89. The van der Waals surface area contributed by atoms with E-state index in [1.54, 1.807) is 6.07 Å². The summed E-state index contributed by atoms with van der Waals surface area (Å²) in [7, 11) is 0. The molecule has 0 bridgehead atoms. The summed E-state index contributed by atoms with van der Waals surface area (Å²) in [6.07, 6.45) is 2.83. The Bertz CT molecular complexity index is 724. The van der Waals surface area contributed by atoms with E-state index in [9.17, 15) is 9.18 Å². The number of H-pyrrole nitrogens is 1. The lowest BCUT2D eigenvalue weighted by atomic mass is 10.0. The SMILES string of the molecule is O=C1NCC[C@H]1CCN1CCc2[nH]c3ccc(F)cc3c2C1. The van der Waals surface area contributed by atoms with Crippen LogP contribution in [0.4, 0.5) is 4.39 Å². The van der Waals surface area contributed by atoms with Crippen LogP contribution in [0.1, 0.15) is 24.1 Å². The van der Waals surface area contributed by atoms with Gasteiger partial charge in [0.2, 0.25) is 5.91 Å². The zero-order valence-corrected chi connectivity index (χ0v) is 12.5. The number of fused-ring (bicyclic) bond motifs is 3. The third-order valence-corrected chi connectivity index (χ3v) is 4.97. The first-order valence-electron chi connectivity index (χ1n) is 8.00. The molecule has 4 rings (SSSR count). The van der Waals surface area contributed by atoms with Crippen molar-refractivity contribution in [2.24, 2.45) is 5.92 Å². The van der Waals surface area contributed by atoms with Crippen LogP contribution in [0, 0.1) is 11.7 Å². The van der Waals surface area contributed by atoms with Crippen molar-refractivity contribution >= 4 is 16.8 Å². The lowest BCUT2D eigenvalue weighted by Crippen LogP contribution is -2.33. The molecule has 2 aromatic rings. The fraction of sp³-hybridized carbons (Fsp3) is 0.471. The Labute approximate surface area is 128 Å². The highest BCUT2D eigenvalue weighted by atomic mass is 19.1. The van der Waals surface area contributed by atoms with Gasteiger partial charge in [-0.2, -0.15) is 0 Å². The third kappa shape index (κ3) is 2.39. The zero-order valence-electron chi connectivity index (χ0n) is 12.5. The molecule has 0 radical (unpaired) electrons. The van der Waals surface area contributed by atoms with E-state index in [2.05, 4.69) is 15.2 Å². The molecule has 1 aromatic heterocycles. The molecule has 116 valence electrons. The maximum absolute atomic E-state index is 13.5. The van der Waals surface area contributed by atoms with Crippen molar-refractivity contribution in [3.8, 4) is 0 Å². The molecule has 1 amide bonds. The number of nitrogens with zero attached hydrogens (tertiary/aromatic N) is 1. The van der Waals surface area contributed by atoms with Gasteiger partial charge in [0.15, 0.2) is 0 Å². The van der Waals surface area contributed by atoms with Gasteiger partial charge in [-0.05, 0) is 43.1 Å². The fourth-order valence-electron chi connectivity index (χ4n) is 3.69. The van der Waals surface area contributed by atoms with E-state index in [1.807, 2.05) is 6.07 Å². The van der Waals surface area contributed by atoms with Gasteiger partial charge in [-0.15, -0.1) is 0 Å². The summed E-state index contributed by atoms with van der Waals surface area (Å²) >= 11 is 0. The van der Waals surface area contributed by atoms with Crippen molar-refractivity contribution < 1.29 is 9.18 Å². The molecular weight excluding hydrogens is 281 g/mol. The van der Waals surface area contributed by atoms with Gasteiger partial charge in [-0.25, -0.2) is 4.39 Å². The molecule has 0 unspecified atom stereocenters. The van der Waals surface area contributed by atoms with E-state index in [-0.39, 0.29) is 17.6 Å². The number of carbonyl (C=O) groups is 1. The van der Waals surface area contributed by atoms with Gasteiger partial charge in [0.25, 0.3) is 0 Å². The number of halogens is 1. The van der Waals surface area contributed by atoms with Crippen LogP contribution in [0.5, 0.6) is 0 Å². The van der Waals surface area contributed by atoms with Crippen LogP contribution in [0.2, 0.25) is 0 Å². The van der Waals surface area contributed by atoms with E-state index in [1.165, 1.54) is 17.3 Å². The molecule has 0 spiro atoms. The molecule has 5 heteroatoms. The summed E-state index contributed by atoms with van der Waals surface area (Å²) in [6, 6.07) is 4.94. The lowest BCUT2D eigenvalue weighted by Gasteiger charge is -2.27. The van der Waals surface area contributed by atoms with Crippen molar-refractivity contribution in [2.45, 2.75) is 25.8 Å². The minimum atomic E-state index is -0.186. The number of rotatable bonds is 3. The molecule has 1 atom stereocenters. The number of nitrogens with one attached hydrogen (secondary N) is 2. The third-order valence-electron chi connectivity index (χ3n) is 4.97. The van der Waals surface area contributed by atoms with E-state index in [4.69, 9.17) is 0 Å². The maximum atomic E-state index is 13.5. The normalized spacial score (nSPS) is 22.0. The van der Waals surface area contributed by atoms with Crippen LogP contribution < -0.4 is 5.32 Å². The molecule has 1 saturated heterocycles. The quantitative estimate of drug-likeness (QED) is 0.913. The van der Waals surface area contributed by atoms with Crippen molar-refractivity contribution in [3.63, 3.8) is 0 Å². The van der Waals surface area contributed by atoms with Gasteiger partial charge in [0.1, 0.15) is 5.82 Å². The lowest BCUT2D eigenvalue weighted by molar-refractivity contribution is -0.122. The number of aromatic amines is 1. The van der Waals surface area contributed by atoms with Crippen LogP contribution in [0.3, 0.4) is 0 Å². The first-order chi connectivity index (χ1) is 10.7. The Morgan fingerprint density at radius 2 is 2.27 bits per heavy atom. The van der Waals surface area contributed by atoms with E-state index >= 15 is 0 Å². The second-order valence-corrected chi connectivity index (χ2v) is 6.36. The van der Waals surface area contributed by atoms with E-state index in [0.29, 0.717) is 0 Å². The van der Waals surface area contributed by atoms with Crippen LogP contribution >= 0.6 is 0 Å². The Morgan fingerprint density at radius 3 is 3.09 bits per heavy atom. The van der Waals surface area contributed by atoms with E-state index in [0.717, 1.165) is 56.3 Å². The highest BCUT2D eigenvalue weighted by Gasteiger charge is 2.26. The second kappa shape index (κ2) is 5.39. The molecule has 0 saturated carbocycles. The fourth-order valence-corrected chi connectivity index (χ4v) is 3.69. The highest BCUT2D eigenvalue weighted by molar-refractivity contribution is 5.85. The monoisotopic (exact) mass is 301 g/mol. The predicted molar refractivity (Wildman–Crippen MR) is 83.0 cm³/mol. The second-order valence-electron chi connectivity index (χ2n) is 6.36. The van der Waals surface area contributed by atoms with Crippen molar-refractivity contribution in [2.75, 3.05) is 19.6 Å². The van der Waals surface area contributed by atoms with Crippen molar-refractivity contribution in [1.29, 1.82) is 0 Å². The first-order valence-corrected chi connectivity index (χ1v) is 8.00. The van der Waals surface area contributed by atoms with Gasteiger partial charge in [0.05, 0.1) is 0 Å². The summed E-state index contributed by atoms with van der Waals surface area (Å²) in [5.74, 6) is 0.183. The Kier molecular flexibility index (Phi) is 3.37. The topological polar surface area (TPSA) is 48.1 Å². The minimum Gasteiger partial charge on any atom is -0.358 e. The molecule has 2 aliphatic heterocycles. The average Bonchev–Trinajstić information content (AvgIpc) is 3.08. The number of amides is 1. The van der Waals surface area contributed by atoms with Crippen LogP contribution in [0.25, 0.3) is 10.9 Å². The molecule has 0 aliphatic carbocycles.